The van der Waals surface area contributed by atoms with Gasteiger partial charge in [-0.15, -0.1) is 0 Å². The summed E-state index contributed by atoms with van der Waals surface area (Å²) >= 11 is 0. The Balaban J connectivity index is 1.90. The van der Waals surface area contributed by atoms with Crippen LogP contribution in [0.4, 0.5) is 0 Å². The van der Waals surface area contributed by atoms with E-state index in [2.05, 4.69) is 60.1 Å². The van der Waals surface area contributed by atoms with E-state index in [0.717, 1.165) is 26.1 Å². The van der Waals surface area contributed by atoms with Crippen LogP contribution < -0.4 is 0 Å². The number of aromatic nitrogens is 1. The van der Waals surface area contributed by atoms with Crippen molar-refractivity contribution in [3.05, 3.63) is 65.5 Å². The minimum atomic E-state index is 1.03. The standard InChI is InChI=1S/C17H22N2/c1-3-19(12-9-16-7-10-18-11-8-16)14-17-6-4-5-15(2)13-17/h4-8,10-11,13H,3,9,12,14H2,1-2H3. The van der Waals surface area contributed by atoms with Gasteiger partial charge < -0.3 is 0 Å². The van der Waals surface area contributed by atoms with Crippen molar-refractivity contribution in [2.75, 3.05) is 13.1 Å². The normalized spacial score (nSPS) is 10.9. The first-order valence-electron chi connectivity index (χ1n) is 6.94. The monoisotopic (exact) mass is 254 g/mol. The lowest BCUT2D eigenvalue weighted by atomic mass is 10.1. The van der Waals surface area contributed by atoms with E-state index in [-0.39, 0.29) is 0 Å². The molecule has 0 amide bonds. The first kappa shape index (κ1) is 13.8. The van der Waals surface area contributed by atoms with E-state index in [4.69, 9.17) is 0 Å². The average molecular weight is 254 g/mol. The van der Waals surface area contributed by atoms with Gasteiger partial charge in [-0.05, 0) is 43.1 Å². The van der Waals surface area contributed by atoms with Gasteiger partial charge in [-0.2, -0.15) is 0 Å². The molecule has 2 aromatic rings. The molecule has 2 heteroatoms. The van der Waals surface area contributed by atoms with Gasteiger partial charge in [0.2, 0.25) is 0 Å². The molecule has 0 aliphatic heterocycles. The molecule has 0 atom stereocenters. The predicted molar refractivity (Wildman–Crippen MR) is 80.1 cm³/mol. The molecule has 0 bridgehead atoms. The Morgan fingerprint density at radius 3 is 2.53 bits per heavy atom. The van der Waals surface area contributed by atoms with E-state index in [0.29, 0.717) is 0 Å². The molecular formula is C17H22N2. The number of benzene rings is 1. The second kappa shape index (κ2) is 7.05. The van der Waals surface area contributed by atoms with Crippen LogP contribution in [-0.2, 0) is 13.0 Å². The van der Waals surface area contributed by atoms with Crippen molar-refractivity contribution in [1.29, 1.82) is 0 Å². The van der Waals surface area contributed by atoms with Gasteiger partial charge in [-0.25, -0.2) is 0 Å². The van der Waals surface area contributed by atoms with Crippen LogP contribution in [0.2, 0.25) is 0 Å². The lowest BCUT2D eigenvalue weighted by Crippen LogP contribution is -2.25. The molecule has 0 aliphatic rings. The van der Waals surface area contributed by atoms with Crippen LogP contribution in [0.5, 0.6) is 0 Å². The second-order valence-corrected chi connectivity index (χ2v) is 4.96. The highest BCUT2D eigenvalue weighted by molar-refractivity contribution is 5.22. The molecule has 1 aromatic heterocycles. The number of hydrogen-bond acceptors (Lipinski definition) is 2. The summed E-state index contributed by atoms with van der Waals surface area (Å²) in [7, 11) is 0. The Morgan fingerprint density at radius 2 is 1.84 bits per heavy atom. The van der Waals surface area contributed by atoms with Crippen molar-refractivity contribution in [2.24, 2.45) is 0 Å². The Bertz CT molecular complexity index is 494. The van der Waals surface area contributed by atoms with Gasteiger partial charge in [-0.1, -0.05) is 36.8 Å². The smallest absolute Gasteiger partial charge is 0.0270 e. The van der Waals surface area contributed by atoms with Crippen LogP contribution in [0, 0.1) is 6.92 Å². The number of likely N-dealkylation sites (N-methyl/N-ethyl adjacent to an activating group) is 1. The average Bonchev–Trinajstić information content (AvgIpc) is 2.44. The molecule has 0 aliphatic carbocycles. The van der Waals surface area contributed by atoms with Gasteiger partial charge in [0, 0.05) is 25.5 Å². The molecule has 0 saturated heterocycles. The maximum atomic E-state index is 4.06. The van der Waals surface area contributed by atoms with E-state index in [1.54, 1.807) is 0 Å². The van der Waals surface area contributed by atoms with E-state index in [9.17, 15) is 0 Å². The molecule has 0 N–H and O–H groups in total. The first-order valence-corrected chi connectivity index (χ1v) is 6.94. The fraction of sp³-hybridized carbons (Fsp3) is 0.353. The number of nitrogens with zero attached hydrogens (tertiary/aromatic N) is 2. The van der Waals surface area contributed by atoms with Gasteiger partial charge >= 0.3 is 0 Å². The summed E-state index contributed by atoms with van der Waals surface area (Å²) in [4.78, 5) is 6.54. The molecule has 1 heterocycles. The van der Waals surface area contributed by atoms with Crippen molar-refractivity contribution < 1.29 is 0 Å². The Morgan fingerprint density at radius 1 is 1.05 bits per heavy atom. The van der Waals surface area contributed by atoms with Crippen molar-refractivity contribution in [2.45, 2.75) is 26.8 Å². The Kier molecular flexibility index (Phi) is 5.10. The Labute approximate surface area is 116 Å². The van der Waals surface area contributed by atoms with Crippen molar-refractivity contribution >= 4 is 0 Å². The number of hydrogen-bond donors (Lipinski definition) is 0. The zero-order valence-corrected chi connectivity index (χ0v) is 11.8. The molecule has 2 nitrogen and oxygen atoms in total. The summed E-state index contributed by atoms with van der Waals surface area (Å²) in [6.45, 7) is 7.58. The summed E-state index contributed by atoms with van der Waals surface area (Å²) in [5.41, 5.74) is 4.09. The van der Waals surface area contributed by atoms with Crippen LogP contribution >= 0.6 is 0 Å². The molecule has 2 rings (SSSR count). The molecule has 0 spiro atoms. The maximum Gasteiger partial charge on any atom is 0.0270 e. The molecule has 0 saturated carbocycles. The van der Waals surface area contributed by atoms with Crippen LogP contribution in [0.25, 0.3) is 0 Å². The van der Waals surface area contributed by atoms with Gasteiger partial charge in [0.05, 0.1) is 0 Å². The minimum absolute atomic E-state index is 1.03. The van der Waals surface area contributed by atoms with Gasteiger partial charge in [-0.3, -0.25) is 9.88 Å². The minimum Gasteiger partial charge on any atom is -0.299 e. The highest BCUT2D eigenvalue weighted by Crippen LogP contribution is 2.08. The molecule has 0 fully saturated rings. The summed E-state index contributed by atoms with van der Waals surface area (Å²) in [6.07, 6.45) is 4.82. The van der Waals surface area contributed by atoms with Crippen molar-refractivity contribution in [3.8, 4) is 0 Å². The SMILES string of the molecule is CCN(CCc1ccncc1)Cc1cccc(C)c1. The summed E-state index contributed by atoms with van der Waals surface area (Å²) < 4.78 is 0. The second-order valence-electron chi connectivity index (χ2n) is 4.96. The van der Waals surface area contributed by atoms with Gasteiger partial charge in [0.25, 0.3) is 0 Å². The number of pyridine rings is 1. The van der Waals surface area contributed by atoms with E-state index in [1.807, 2.05) is 12.4 Å². The lowest BCUT2D eigenvalue weighted by molar-refractivity contribution is 0.283. The third kappa shape index (κ3) is 4.49. The zero-order chi connectivity index (χ0) is 13.5. The van der Waals surface area contributed by atoms with Gasteiger partial charge in [0.1, 0.15) is 0 Å². The molecule has 19 heavy (non-hydrogen) atoms. The van der Waals surface area contributed by atoms with Crippen LogP contribution in [0.15, 0.2) is 48.8 Å². The van der Waals surface area contributed by atoms with E-state index in [1.165, 1.54) is 16.7 Å². The summed E-state index contributed by atoms with van der Waals surface area (Å²) in [6, 6.07) is 13.0. The molecule has 0 radical (unpaired) electrons. The van der Waals surface area contributed by atoms with E-state index >= 15 is 0 Å². The molecule has 1 aromatic carbocycles. The summed E-state index contributed by atoms with van der Waals surface area (Å²) in [5, 5.41) is 0. The maximum absolute atomic E-state index is 4.06. The number of rotatable bonds is 6. The topological polar surface area (TPSA) is 16.1 Å². The third-order valence-electron chi connectivity index (χ3n) is 3.40. The highest BCUT2D eigenvalue weighted by Gasteiger charge is 2.04. The quantitative estimate of drug-likeness (QED) is 0.785. The third-order valence-corrected chi connectivity index (χ3v) is 3.40. The number of aryl methyl sites for hydroxylation is 1. The summed E-state index contributed by atoms with van der Waals surface area (Å²) in [5.74, 6) is 0. The molecule has 100 valence electrons. The fourth-order valence-corrected chi connectivity index (χ4v) is 2.25. The molecule has 0 unspecified atom stereocenters. The van der Waals surface area contributed by atoms with Crippen LogP contribution in [0.3, 0.4) is 0 Å². The molecular weight excluding hydrogens is 232 g/mol. The first-order chi connectivity index (χ1) is 9.28. The van der Waals surface area contributed by atoms with Crippen LogP contribution in [-0.4, -0.2) is 23.0 Å². The van der Waals surface area contributed by atoms with Crippen molar-refractivity contribution in [3.63, 3.8) is 0 Å². The zero-order valence-electron chi connectivity index (χ0n) is 11.8. The highest BCUT2D eigenvalue weighted by atomic mass is 15.1. The van der Waals surface area contributed by atoms with Crippen molar-refractivity contribution in [1.82, 2.24) is 9.88 Å². The van der Waals surface area contributed by atoms with E-state index < -0.39 is 0 Å². The lowest BCUT2D eigenvalue weighted by Gasteiger charge is -2.20. The van der Waals surface area contributed by atoms with Crippen LogP contribution in [0.1, 0.15) is 23.6 Å². The predicted octanol–water partition coefficient (Wildman–Crippen LogP) is 3.45. The Hall–Kier alpha value is -1.67. The fourth-order valence-electron chi connectivity index (χ4n) is 2.25. The largest absolute Gasteiger partial charge is 0.299 e. The van der Waals surface area contributed by atoms with Gasteiger partial charge in [0.15, 0.2) is 0 Å².